The third kappa shape index (κ3) is 4.48. The van der Waals surface area contributed by atoms with Crippen molar-refractivity contribution in [1.82, 2.24) is 0 Å². The minimum Gasteiger partial charge on any atom is -0.687 e. The van der Waals surface area contributed by atoms with Gasteiger partial charge in [-0.1, -0.05) is 84.9 Å². The molecule has 0 saturated heterocycles. The lowest BCUT2D eigenvalue weighted by molar-refractivity contribution is -0.428. The summed E-state index contributed by atoms with van der Waals surface area (Å²) in [4.78, 5) is 32.8. The summed E-state index contributed by atoms with van der Waals surface area (Å²) in [5.41, 5.74) is 0.531. The van der Waals surface area contributed by atoms with Crippen LogP contribution in [0.2, 0.25) is 0 Å². The van der Waals surface area contributed by atoms with Crippen LogP contribution in [-0.4, -0.2) is 0 Å². The molecule has 3 nitrogen and oxygen atoms in total. The summed E-state index contributed by atoms with van der Waals surface area (Å²) in [6.45, 7) is 0. The molecule has 0 aliphatic heterocycles. The lowest BCUT2D eigenvalue weighted by atomic mass is 10.2. The second-order valence-corrected chi connectivity index (χ2v) is 9.20. The van der Waals surface area contributed by atoms with Gasteiger partial charge in [0.2, 0.25) is 0 Å². The zero-order chi connectivity index (χ0) is 17.0. The standard InChI is InChI=1S/C19H18O3P2/c20-24(21,22)15-16-11-13-19(14-12-16)23(17-7-3-1-4-8-17)18-9-5-2-6-10-18/h1-14H,15H2,(H2,20,21,22)/p-2. The van der Waals surface area contributed by atoms with Crippen molar-refractivity contribution in [2.24, 2.45) is 0 Å². The Morgan fingerprint density at radius 3 is 1.42 bits per heavy atom. The van der Waals surface area contributed by atoms with Crippen LogP contribution in [0.5, 0.6) is 0 Å². The summed E-state index contributed by atoms with van der Waals surface area (Å²) in [6.07, 6.45) is -0.443. The minimum absolute atomic E-state index is 0.443. The van der Waals surface area contributed by atoms with Gasteiger partial charge in [-0.05, 0) is 29.4 Å². The molecule has 0 heterocycles. The van der Waals surface area contributed by atoms with E-state index in [0.717, 1.165) is 5.30 Å². The average Bonchev–Trinajstić information content (AvgIpc) is 2.57. The highest BCUT2D eigenvalue weighted by Gasteiger charge is 2.16. The van der Waals surface area contributed by atoms with Crippen LogP contribution in [0.15, 0.2) is 84.9 Å². The Morgan fingerprint density at radius 1 is 0.583 bits per heavy atom. The van der Waals surface area contributed by atoms with E-state index in [1.165, 1.54) is 10.6 Å². The Bertz CT molecular complexity index is 730. The van der Waals surface area contributed by atoms with Gasteiger partial charge in [-0.15, -0.1) is 0 Å². The summed E-state index contributed by atoms with van der Waals surface area (Å²) >= 11 is 0. The Labute approximate surface area is 143 Å². The molecule has 0 saturated carbocycles. The molecule has 3 aromatic rings. The molecule has 0 radical (unpaired) electrons. The highest BCUT2D eigenvalue weighted by Crippen LogP contribution is 2.35. The SMILES string of the molecule is [O-][P+]([O-])([O-])Cc1ccc(P(c2ccccc2)c2ccccc2)cc1. The molecule has 122 valence electrons. The molecular weight excluding hydrogens is 338 g/mol. The van der Waals surface area contributed by atoms with Crippen LogP contribution < -0.4 is 30.6 Å². The molecule has 0 aliphatic rings. The molecule has 24 heavy (non-hydrogen) atoms. The minimum atomic E-state index is -4.54. The molecule has 0 spiro atoms. The van der Waals surface area contributed by atoms with Crippen LogP contribution >= 0.6 is 15.9 Å². The normalized spacial score (nSPS) is 11.7. The molecule has 0 bridgehead atoms. The molecule has 0 aromatic heterocycles. The lowest BCUT2D eigenvalue weighted by Gasteiger charge is -2.42. The fraction of sp³-hybridized carbons (Fsp3) is 0.0526. The van der Waals surface area contributed by atoms with Gasteiger partial charge in [-0.3, -0.25) is 0 Å². The highest BCUT2D eigenvalue weighted by molar-refractivity contribution is 7.79. The van der Waals surface area contributed by atoms with Gasteiger partial charge in [0.1, 0.15) is 0 Å². The third-order valence-electron chi connectivity index (χ3n) is 3.60. The van der Waals surface area contributed by atoms with E-state index in [0.29, 0.717) is 5.56 Å². The second kappa shape index (κ2) is 7.53. The van der Waals surface area contributed by atoms with E-state index in [9.17, 15) is 14.7 Å². The van der Waals surface area contributed by atoms with Crippen LogP contribution in [0.4, 0.5) is 0 Å². The Kier molecular flexibility index (Phi) is 5.40. The first-order chi connectivity index (χ1) is 11.5. The van der Waals surface area contributed by atoms with Crippen LogP contribution in [0.3, 0.4) is 0 Å². The fourth-order valence-corrected chi connectivity index (χ4v) is 5.52. The van der Waals surface area contributed by atoms with Crippen molar-refractivity contribution in [3.63, 3.8) is 0 Å². The predicted molar refractivity (Wildman–Crippen MR) is 95.8 cm³/mol. The van der Waals surface area contributed by atoms with Gasteiger partial charge in [0.25, 0.3) is 0 Å². The number of benzene rings is 3. The van der Waals surface area contributed by atoms with Gasteiger partial charge in [0.05, 0.1) is 6.16 Å². The molecular formula is C19H16O3P2-2. The van der Waals surface area contributed by atoms with Gasteiger partial charge in [-0.2, -0.15) is 7.94 Å². The van der Waals surface area contributed by atoms with E-state index in [2.05, 4.69) is 24.3 Å². The van der Waals surface area contributed by atoms with Crippen LogP contribution in [0.1, 0.15) is 5.56 Å². The van der Waals surface area contributed by atoms with Crippen molar-refractivity contribution in [1.29, 1.82) is 0 Å². The van der Waals surface area contributed by atoms with Crippen molar-refractivity contribution in [2.75, 3.05) is 0 Å². The summed E-state index contributed by atoms with van der Waals surface area (Å²) < 4.78 is 0. The number of rotatable bonds is 5. The van der Waals surface area contributed by atoms with Crippen molar-refractivity contribution in [3.05, 3.63) is 90.5 Å². The summed E-state index contributed by atoms with van der Waals surface area (Å²) in [6, 6.07) is 27.8. The Morgan fingerprint density at radius 2 is 1.00 bits per heavy atom. The van der Waals surface area contributed by atoms with E-state index >= 15 is 0 Å². The van der Waals surface area contributed by atoms with Gasteiger partial charge < -0.3 is 14.7 Å². The summed E-state index contributed by atoms with van der Waals surface area (Å²) in [5, 5.41) is 3.58. The molecule has 0 aliphatic carbocycles. The van der Waals surface area contributed by atoms with Crippen molar-refractivity contribution in [3.8, 4) is 0 Å². The molecule has 0 amide bonds. The zero-order valence-electron chi connectivity index (χ0n) is 12.9. The fourth-order valence-electron chi connectivity index (χ4n) is 2.58. The average molecular weight is 354 g/mol. The lowest BCUT2D eigenvalue weighted by Crippen LogP contribution is -2.33. The zero-order valence-corrected chi connectivity index (χ0v) is 14.7. The largest absolute Gasteiger partial charge is 0.687 e. The van der Waals surface area contributed by atoms with Crippen LogP contribution in [0.25, 0.3) is 0 Å². The van der Waals surface area contributed by atoms with E-state index in [4.69, 9.17) is 0 Å². The second-order valence-electron chi connectivity index (χ2n) is 5.44. The van der Waals surface area contributed by atoms with Gasteiger partial charge >= 0.3 is 0 Å². The van der Waals surface area contributed by atoms with Gasteiger partial charge in [0.15, 0.2) is 0 Å². The van der Waals surface area contributed by atoms with Crippen molar-refractivity contribution in [2.45, 2.75) is 6.16 Å². The Balaban J connectivity index is 1.98. The smallest absolute Gasteiger partial charge is 0.0673 e. The molecule has 3 aromatic carbocycles. The molecule has 3 rings (SSSR count). The quantitative estimate of drug-likeness (QED) is 0.636. The predicted octanol–water partition coefficient (Wildman–Crippen LogP) is 0.788. The number of hydrogen-bond acceptors (Lipinski definition) is 3. The van der Waals surface area contributed by atoms with E-state index in [-0.39, 0.29) is 0 Å². The first-order valence-corrected chi connectivity index (χ1v) is 10.6. The maximum Gasteiger partial charge on any atom is 0.0673 e. The number of hydrogen-bond donors (Lipinski definition) is 0. The Hall–Kier alpha value is -1.60. The monoisotopic (exact) mass is 354 g/mol. The topological polar surface area (TPSA) is 69.2 Å². The van der Waals surface area contributed by atoms with E-state index in [1.807, 2.05) is 48.5 Å². The maximum atomic E-state index is 10.9. The van der Waals surface area contributed by atoms with Crippen LogP contribution in [-0.2, 0) is 6.16 Å². The van der Waals surface area contributed by atoms with E-state index < -0.39 is 22.0 Å². The van der Waals surface area contributed by atoms with Crippen molar-refractivity contribution >= 4 is 31.8 Å². The van der Waals surface area contributed by atoms with Gasteiger partial charge in [0, 0.05) is 0 Å². The first kappa shape index (κ1) is 17.2. The summed E-state index contributed by atoms with van der Waals surface area (Å²) in [5.74, 6) is 0. The molecule has 5 heteroatoms. The molecule has 0 fully saturated rings. The molecule has 0 N–H and O–H groups in total. The third-order valence-corrected chi connectivity index (χ3v) is 6.80. The summed E-state index contributed by atoms with van der Waals surface area (Å²) in [7, 11) is -5.25. The van der Waals surface area contributed by atoms with E-state index in [1.54, 1.807) is 12.1 Å². The van der Waals surface area contributed by atoms with Gasteiger partial charge in [-0.25, -0.2) is 0 Å². The van der Waals surface area contributed by atoms with Crippen molar-refractivity contribution < 1.29 is 14.7 Å². The maximum absolute atomic E-state index is 10.9. The first-order valence-electron chi connectivity index (χ1n) is 7.53. The van der Waals surface area contributed by atoms with Crippen LogP contribution in [0, 0.1) is 0 Å². The molecule has 0 atom stereocenters. The highest BCUT2D eigenvalue weighted by atomic mass is 31.2. The molecule has 0 unspecified atom stereocenters.